The highest BCUT2D eigenvalue weighted by molar-refractivity contribution is 5.43. The largest absolute Gasteiger partial charge is 0.490 e. The second kappa shape index (κ2) is 8.02. The maximum atomic E-state index is 5.67. The van der Waals surface area contributed by atoms with Gasteiger partial charge in [0.2, 0.25) is 0 Å². The summed E-state index contributed by atoms with van der Waals surface area (Å²) >= 11 is 0. The van der Waals surface area contributed by atoms with Crippen LogP contribution in [0, 0.1) is 0 Å². The first-order valence-electron chi connectivity index (χ1n) is 7.07. The summed E-state index contributed by atoms with van der Waals surface area (Å²) in [5, 5.41) is 3.23. The molecular weight excluding hydrogens is 242 g/mol. The van der Waals surface area contributed by atoms with Crippen LogP contribution < -0.4 is 14.8 Å². The van der Waals surface area contributed by atoms with E-state index in [1.54, 1.807) is 0 Å². The van der Waals surface area contributed by atoms with Gasteiger partial charge in [0.25, 0.3) is 0 Å². The first kappa shape index (κ1) is 14.2. The predicted octanol–water partition coefficient (Wildman–Crippen LogP) is 2.02. The molecule has 0 amide bonds. The van der Waals surface area contributed by atoms with Crippen molar-refractivity contribution in [2.24, 2.45) is 0 Å². The number of hydrogen-bond acceptors (Lipinski definition) is 4. The summed E-state index contributed by atoms with van der Waals surface area (Å²) in [7, 11) is 0. The molecule has 0 aliphatic carbocycles. The zero-order chi connectivity index (χ0) is 13.3. The Bertz CT molecular complexity index is 382. The van der Waals surface area contributed by atoms with Crippen molar-refractivity contribution in [1.82, 2.24) is 5.32 Å². The van der Waals surface area contributed by atoms with Crippen molar-refractivity contribution in [2.45, 2.75) is 19.8 Å². The van der Waals surface area contributed by atoms with Crippen LogP contribution >= 0.6 is 0 Å². The number of fused-ring (bicyclic) bond motifs is 1. The number of hydrogen-bond donors (Lipinski definition) is 1. The predicted molar refractivity (Wildman–Crippen MR) is 75.1 cm³/mol. The van der Waals surface area contributed by atoms with Crippen LogP contribution in [-0.2, 0) is 11.2 Å². The maximum absolute atomic E-state index is 5.67. The van der Waals surface area contributed by atoms with E-state index in [9.17, 15) is 0 Å². The van der Waals surface area contributed by atoms with E-state index in [0.717, 1.165) is 63.9 Å². The van der Waals surface area contributed by atoms with Crippen LogP contribution in [0.15, 0.2) is 18.2 Å². The van der Waals surface area contributed by atoms with Gasteiger partial charge < -0.3 is 19.5 Å². The van der Waals surface area contributed by atoms with Crippen molar-refractivity contribution in [3.8, 4) is 11.5 Å². The van der Waals surface area contributed by atoms with Gasteiger partial charge in [0.1, 0.15) is 0 Å². The van der Waals surface area contributed by atoms with E-state index >= 15 is 0 Å². The van der Waals surface area contributed by atoms with Gasteiger partial charge in [-0.3, -0.25) is 0 Å². The van der Waals surface area contributed by atoms with Crippen molar-refractivity contribution in [2.75, 3.05) is 39.5 Å². The second-order valence-corrected chi connectivity index (χ2v) is 4.55. The van der Waals surface area contributed by atoms with Crippen molar-refractivity contribution < 1.29 is 14.2 Å². The topological polar surface area (TPSA) is 39.7 Å². The van der Waals surface area contributed by atoms with E-state index < -0.39 is 0 Å². The lowest BCUT2D eigenvalue weighted by molar-refractivity contribution is 0.139. The molecule has 4 heteroatoms. The molecule has 4 nitrogen and oxygen atoms in total. The Kier molecular flexibility index (Phi) is 5.98. The molecular formula is C15H23NO3. The lowest BCUT2D eigenvalue weighted by Gasteiger charge is -2.09. The molecule has 0 spiro atoms. The first-order valence-corrected chi connectivity index (χ1v) is 7.07. The van der Waals surface area contributed by atoms with Crippen LogP contribution in [0.1, 0.15) is 18.9 Å². The van der Waals surface area contributed by atoms with E-state index in [2.05, 4.69) is 24.4 Å². The smallest absolute Gasteiger partial charge is 0.161 e. The summed E-state index contributed by atoms with van der Waals surface area (Å²) < 4.78 is 16.9. The number of benzene rings is 1. The Labute approximate surface area is 115 Å². The number of rotatable bonds is 7. The molecule has 1 aliphatic heterocycles. The Balaban J connectivity index is 1.76. The minimum Gasteiger partial charge on any atom is -0.490 e. The quantitative estimate of drug-likeness (QED) is 0.766. The third-order valence-electron chi connectivity index (χ3n) is 3.02. The SMILES string of the molecule is CCNCCOCCc1ccc2c(c1)OCCCO2. The molecule has 106 valence electrons. The fraction of sp³-hybridized carbons (Fsp3) is 0.600. The van der Waals surface area contributed by atoms with Crippen LogP contribution in [0.4, 0.5) is 0 Å². The molecule has 1 aromatic carbocycles. The Morgan fingerprint density at radius 1 is 1.16 bits per heavy atom. The average Bonchev–Trinajstić information content (AvgIpc) is 2.67. The van der Waals surface area contributed by atoms with Gasteiger partial charge in [-0.25, -0.2) is 0 Å². The minimum atomic E-state index is 0.732. The van der Waals surface area contributed by atoms with Crippen LogP contribution in [-0.4, -0.2) is 39.5 Å². The summed E-state index contributed by atoms with van der Waals surface area (Å²) in [4.78, 5) is 0. The molecule has 0 radical (unpaired) electrons. The first-order chi connectivity index (χ1) is 9.40. The fourth-order valence-corrected chi connectivity index (χ4v) is 1.98. The van der Waals surface area contributed by atoms with Gasteiger partial charge in [0.15, 0.2) is 11.5 Å². The summed E-state index contributed by atoms with van der Waals surface area (Å²) in [6.07, 6.45) is 1.85. The van der Waals surface area contributed by atoms with Crippen LogP contribution in [0.2, 0.25) is 0 Å². The monoisotopic (exact) mass is 265 g/mol. The van der Waals surface area contributed by atoms with Crippen LogP contribution in [0.25, 0.3) is 0 Å². The lowest BCUT2D eigenvalue weighted by atomic mass is 10.1. The minimum absolute atomic E-state index is 0.732. The van der Waals surface area contributed by atoms with Crippen LogP contribution in [0.5, 0.6) is 11.5 Å². The Morgan fingerprint density at radius 2 is 2.00 bits per heavy atom. The molecule has 1 N–H and O–H groups in total. The Morgan fingerprint density at radius 3 is 2.84 bits per heavy atom. The molecule has 0 atom stereocenters. The third-order valence-corrected chi connectivity index (χ3v) is 3.02. The standard InChI is InChI=1S/C15H23NO3/c1-2-16-7-11-17-10-6-13-4-5-14-15(12-13)19-9-3-8-18-14/h4-5,12,16H,2-3,6-11H2,1H3. The lowest BCUT2D eigenvalue weighted by Crippen LogP contribution is -2.19. The fourth-order valence-electron chi connectivity index (χ4n) is 1.98. The normalized spacial score (nSPS) is 14.2. The maximum Gasteiger partial charge on any atom is 0.161 e. The molecule has 0 saturated carbocycles. The highest BCUT2D eigenvalue weighted by Crippen LogP contribution is 2.30. The summed E-state index contributed by atoms with van der Waals surface area (Å²) in [6, 6.07) is 6.14. The van der Waals surface area contributed by atoms with Gasteiger partial charge in [-0.15, -0.1) is 0 Å². The zero-order valence-corrected chi connectivity index (χ0v) is 11.6. The zero-order valence-electron chi connectivity index (χ0n) is 11.6. The number of nitrogens with one attached hydrogen (secondary N) is 1. The van der Waals surface area contributed by atoms with E-state index in [4.69, 9.17) is 14.2 Å². The van der Waals surface area contributed by atoms with E-state index in [0.29, 0.717) is 0 Å². The highest BCUT2D eigenvalue weighted by Gasteiger charge is 2.10. The van der Waals surface area contributed by atoms with Crippen LogP contribution in [0.3, 0.4) is 0 Å². The third kappa shape index (κ3) is 4.73. The molecule has 1 aromatic rings. The van der Waals surface area contributed by atoms with Gasteiger partial charge in [0.05, 0.1) is 26.4 Å². The number of likely N-dealkylation sites (N-methyl/N-ethyl adjacent to an activating group) is 1. The molecule has 0 unspecified atom stereocenters. The van der Waals surface area contributed by atoms with Crippen molar-refractivity contribution >= 4 is 0 Å². The van der Waals surface area contributed by atoms with Crippen molar-refractivity contribution in [3.05, 3.63) is 23.8 Å². The summed E-state index contributed by atoms with van der Waals surface area (Å²) in [5.74, 6) is 1.72. The van der Waals surface area contributed by atoms with E-state index in [1.165, 1.54) is 5.56 Å². The van der Waals surface area contributed by atoms with Gasteiger partial charge in [-0.2, -0.15) is 0 Å². The Hall–Kier alpha value is -1.26. The molecule has 0 saturated heterocycles. The second-order valence-electron chi connectivity index (χ2n) is 4.55. The van der Waals surface area contributed by atoms with Gasteiger partial charge in [-0.05, 0) is 30.7 Å². The van der Waals surface area contributed by atoms with Gasteiger partial charge in [-0.1, -0.05) is 13.0 Å². The van der Waals surface area contributed by atoms with E-state index in [-0.39, 0.29) is 0 Å². The summed E-state index contributed by atoms with van der Waals surface area (Å²) in [5.41, 5.74) is 1.23. The molecule has 2 rings (SSSR count). The molecule has 19 heavy (non-hydrogen) atoms. The summed E-state index contributed by atoms with van der Waals surface area (Å²) in [6.45, 7) is 6.97. The molecule has 0 aromatic heterocycles. The molecule has 1 heterocycles. The average molecular weight is 265 g/mol. The highest BCUT2D eigenvalue weighted by atomic mass is 16.5. The molecule has 0 bridgehead atoms. The van der Waals surface area contributed by atoms with Gasteiger partial charge in [0, 0.05) is 13.0 Å². The van der Waals surface area contributed by atoms with Crippen molar-refractivity contribution in [1.29, 1.82) is 0 Å². The van der Waals surface area contributed by atoms with Crippen molar-refractivity contribution in [3.63, 3.8) is 0 Å². The molecule has 0 fully saturated rings. The van der Waals surface area contributed by atoms with E-state index in [1.807, 2.05) is 6.07 Å². The number of ether oxygens (including phenoxy) is 3. The molecule has 1 aliphatic rings. The van der Waals surface area contributed by atoms with Gasteiger partial charge >= 0.3 is 0 Å².